The van der Waals surface area contributed by atoms with E-state index < -0.39 is 0 Å². The number of nitrogens with zero attached hydrogens (tertiary/aromatic N) is 1. The molecule has 0 saturated carbocycles. The molecule has 0 aromatic rings. The van der Waals surface area contributed by atoms with Crippen molar-refractivity contribution in [2.24, 2.45) is 0 Å². The van der Waals surface area contributed by atoms with Crippen molar-refractivity contribution in [3.05, 3.63) is 0 Å². The van der Waals surface area contributed by atoms with Gasteiger partial charge in [0.25, 0.3) is 0 Å². The van der Waals surface area contributed by atoms with Crippen molar-refractivity contribution >= 4 is 0 Å². The molecule has 2 atom stereocenters. The Morgan fingerprint density at radius 1 is 0.700 bits per heavy atom. The van der Waals surface area contributed by atoms with Gasteiger partial charge in [-0.3, -0.25) is 4.90 Å². The highest BCUT2D eigenvalue weighted by Gasteiger charge is 2.41. The Balaban J connectivity index is 1.93. The molecule has 2 heteroatoms. The first-order chi connectivity index (χ1) is 9.83. The Bertz CT molecular complexity index is 213. The average molecular weight is 284 g/mol. The molecule has 2 nitrogen and oxygen atoms in total. The van der Waals surface area contributed by atoms with E-state index in [9.17, 15) is 0 Å². The average Bonchev–Trinajstić information content (AvgIpc) is 3.21. The van der Waals surface area contributed by atoms with E-state index in [1.807, 2.05) is 0 Å². The highest BCUT2D eigenvalue weighted by Crippen LogP contribution is 2.31. The zero-order chi connectivity index (χ0) is 14.6. The number of unbranched alkanes of at least 4 members (excludes halogenated alkanes) is 7. The number of ether oxygens (including phenoxy) is 1. The molecule has 1 heterocycles. The Morgan fingerprint density at radius 3 is 1.80 bits per heavy atom. The van der Waals surface area contributed by atoms with Crippen LogP contribution in [0.2, 0.25) is 0 Å². The summed E-state index contributed by atoms with van der Waals surface area (Å²) in [6, 6.07) is 0. The molecule has 0 spiro atoms. The highest BCUT2D eigenvalue weighted by molar-refractivity contribution is 4.84. The van der Waals surface area contributed by atoms with Crippen LogP contribution in [-0.2, 0) is 4.74 Å². The molecule has 0 aromatic heterocycles. The minimum atomic E-state index is 0.458. The fourth-order valence-corrected chi connectivity index (χ4v) is 3.09. The van der Waals surface area contributed by atoms with E-state index in [0.29, 0.717) is 12.3 Å². The topological polar surface area (TPSA) is 15.8 Å². The molecule has 120 valence electrons. The first kappa shape index (κ1) is 18.0. The van der Waals surface area contributed by atoms with Gasteiger partial charge in [-0.2, -0.15) is 0 Å². The van der Waals surface area contributed by atoms with Crippen LogP contribution in [0, 0.1) is 0 Å². The van der Waals surface area contributed by atoms with Crippen LogP contribution < -0.4 is 0 Å². The largest absolute Gasteiger partial charge is 0.353 e. The molecule has 2 unspecified atom stereocenters. The van der Waals surface area contributed by atoms with Crippen LogP contribution in [0.25, 0.3) is 0 Å². The summed E-state index contributed by atoms with van der Waals surface area (Å²) in [7, 11) is 0. The van der Waals surface area contributed by atoms with E-state index in [-0.39, 0.29) is 0 Å². The zero-order valence-electron chi connectivity index (χ0n) is 14.2. The molecule has 0 amide bonds. The van der Waals surface area contributed by atoms with Crippen LogP contribution in [0.3, 0.4) is 0 Å². The van der Waals surface area contributed by atoms with Crippen LogP contribution >= 0.6 is 0 Å². The second-order valence-electron chi connectivity index (χ2n) is 6.36. The lowest BCUT2D eigenvalue weighted by molar-refractivity contribution is 0.175. The van der Waals surface area contributed by atoms with Crippen molar-refractivity contribution in [2.75, 3.05) is 13.1 Å². The minimum Gasteiger partial charge on any atom is -0.353 e. The summed E-state index contributed by atoms with van der Waals surface area (Å²) < 4.78 is 5.87. The Morgan fingerprint density at radius 2 is 1.25 bits per heavy atom. The molecule has 20 heavy (non-hydrogen) atoms. The highest BCUT2D eigenvalue weighted by atomic mass is 16.6. The Labute approximate surface area is 127 Å². The second-order valence-corrected chi connectivity index (χ2v) is 6.36. The van der Waals surface area contributed by atoms with Gasteiger partial charge in [-0.25, -0.2) is 0 Å². The third-order valence-corrected chi connectivity index (χ3v) is 4.28. The summed E-state index contributed by atoms with van der Waals surface area (Å²) in [5.74, 6) is 0. The lowest BCUT2D eigenvalue weighted by atomic mass is 10.1. The van der Waals surface area contributed by atoms with Crippen molar-refractivity contribution in [2.45, 2.75) is 104 Å². The van der Waals surface area contributed by atoms with Crippen LogP contribution in [0.5, 0.6) is 0 Å². The van der Waals surface area contributed by atoms with Crippen molar-refractivity contribution < 1.29 is 4.74 Å². The molecular weight excluding hydrogens is 246 g/mol. The molecule has 0 aliphatic carbocycles. The van der Waals surface area contributed by atoms with Gasteiger partial charge in [0.15, 0.2) is 0 Å². The first-order valence-electron chi connectivity index (χ1n) is 9.22. The number of hydrogen-bond acceptors (Lipinski definition) is 2. The predicted molar refractivity (Wildman–Crippen MR) is 88.0 cm³/mol. The van der Waals surface area contributed by atoms with E-state index in [0.717, 1.165) is 0 Å². The summed E-state index contributed by atoms with van der Waals surface area (Å²) in [5, 5.41) is 0. The standard InChI is InChI=1S/C18H37NO/c1-4-7-8-9-10-11-12-13-14-17-18(20-17)19(15-5-2)16-6-3/h17-18H,4-16H2,1-3H3. The first-order valence-corrected chi connectivity index (χ1v) is 9.22. The zero-order valence-corrected chi connectivity index (χ0v) is 14.2. The van der Waals surface area contributed by atoms with Gasteiger partial charge < -0.3 is 4.74 Å². The number of epoxide rings is 1. The summed E-state index contributed by atoms with van der Waals surface area (Å²) >= 11 is 0. The summed E-state index contributed by atoms with van der Waals surface area (Å²) in [4.78, 5) is 2.54. The molecule has 1 aliphatic rings. The summed E-state index contributed by atoms with van der Waals surface area (Å²) in [6.07, 6.45) is 16.0. The van der Waals surface area contributed by atoms with E-state index in [2.05, 4.69) is 25.7 Å². The summed E-state index contributed by atoms with van der Waals surface area (Å²) in [6.45, 7) is 9.21. The van der Waals surface area contributed by atoms with E-state index in [4.69, 9.17) is 4.74 Å². The molecule has 1 aliphatic heterocycles. The number of rotatable bonds is 14. The predicted octanol–water partition coefficient (Wildman–Crippen LogP) is 5.36. The van der Waals surface area contributed by atoms with Crippen LogP contribution in [0.1, 0.15) is 91.4 Å². The molecule has 0 N–H and O–H groups in total. The fraction of sp³-hybridized carbons (Fsp3) is 1.00. The molecular formula is C18H37NO. The SMILES string of the molecule is CCCCCCCCCCC1OC1N(CCC)CCC. The number of hydrogen-bond donors (Lipinski definition) is 0. The van der Waals surface area contributed by atoms with Gasteiger partial charge in [0.2, 0.25) is 0 Å². The van der Waals surface area contributed by atoms with Crippen LogP contribution in [0.4, 0.5) is 0 Å². The summed E-state index contributed by atoms with van der Waals surface area (Å²) in [5.41, 5.74) is 0. The van der Waals surface area contributed by atoms with E-state index >= 15 is 0 Å². The van der Waals surface area contributed by atoms with E-state index in [1.165, 1.54) is 83.7 Å². The van der Waals surface area contributed by atoms with Crippen molar-refractivity contribution in [1.29, 1.82) is 0 Å². The molecule has 1 rings (SSSR count). The van der Waals surface area contributed by atoms with Crippen LogP contribution in [-0.4, -0.2) is 30.3 Å². The smallest absolute Gasteiger partial charge is 0.137 e. The third-order valence-electron chi connectivity index (χ3n) is 4.28. The quantitative estimate of drug-likeness (QED) is 0.315. The van der Waals surface area contributed by atoms with Crippen molar-refractivity contribution in [3.8, 4) is 0 Å². The molecule has 1 saturated heterocycles. The second kappa shape index (κ2) is 11.6. The maximum absolute atomic E-state index is 5.87. The lowest BCUT2D eigenvalue weighted by Crippen LogP contribution is -2.30. The minimum absolute atomic E-state index is 0.458. The van der Waals surface area contributed by atoms with Gasteiger partial charge in [-0.1, -0.05) is 72.1 Å². The van der Waals surface area contributed by atoms with Gasteiger partial charge in [0.1, 0.15) is 6.23 Å². The maximum Gasteiger partial charge on any atom is 0.137 e. The fourth-order valence-electron chi connectivity index (χ4n) is 3.09. The van der Waals surface area contributed by atoms with Gasteiger partial charge in [0.05, 0.1) is 6.10 Å². The Kier molecular flexibility index (Phi) is 10.4. The monoisotopic (exact) mass is 283 g/mol. The lowest BCUT2D eigenvalue weighted by Gasteiger charge is -2.18. The van der Waals surface area contributed by atoms with Crippen molar-refractivity contribution in [1.82, 2.24) is 4.90 Å². The van der Waals surface area contributed by atoms with Gasteiger partial charge in [0, 0.05) is 13.1 Å². The molecule has 1 fully saturated rings. The van der Waals surface area contributed by atoms with Gasteiger partial charge in [-0.05, 0) is 19.3 Å². The third kappa shape index (κ3) is 7.64. The van der Waals surface area contributed by atoms with Gasteiger partial charge >= 0.3 is 0 Å². The molecule has 0 bridgehead atoms. The molecule has 0 radical (unpaired) electrons. The van der Waals surface area contributed by atoms with Gasteiger partial charge in [-0.15, -0.1) is 0 Å². The normalized spacial score (nSPS) is 21.6. The maximum atomic E-state index is 5.87. The van der Waals surface area contributed by atoms with Crippen LogP contribution in [0.15, 0.2) is 0 Å². The molecule has 0 aromatic carbocycles. The van der Waals surface area contributed by atoms with E-state index in [1.54, 1.807) is 0 Å². The Hall–Kier alpha value is -0.0800. The van der Waals surface area contributed by atoms with Crippen molar-refractivity contribution in [3.63, 3.8) is 0 Å².